The first kappa shape index (κ1) is 14.4. The predicted octanol–water partition coefficient (Wildman–Crippen LogP) is 3.35. The summed E-state index contributed by atoms with van der Waals surface area (Å²) in [4.78, 5) is 16.0. The predicted molar refractivity (Wildman–Crippen MR) is 82.3 cm³/mol. The third-order valence-electron chi connectivity index (χ3n) is 3.22. The van der Waals surface area contributed by atoms with Crippen LogP contribution in [0.1, 0.15) is 16.1 Å². The Hall–Kier alpha value is -2.53. The minimum absolute atomic E-state index is 0.327. The standard InChI is InChI=1S/C16H13ClN2O3/c1-21-16(20)14-3-2-8-19-12(9-18-15(14)19)10-22-13-6-4-11(17)5-7-13/h2-9H,10H2,1H3. The molecule has 6 heteroatoms. The van der Waals surface area contributed by atoms with E-state index < -0.39 is 5.97 Å². The summed E-state index contributed by atoms with van der Waals surface area (Å²) >= 11 is 5.84. The van der Waals surface area contributed by atoms with Gasteiger partial charge in [-0.25, -0.2) is 9.78 Å². The van der Waals surface area contributed by atoms with Crippen LogP contribution in [0.4, 0.5) is 0 Å². The van der Waals surface area contributed by atoms with E-state index in [1.165, 1.54) is 7.11 Å². The molecule has 0 saturated heterocycles. The van der Waals surface area contributed by atoms with Crippen molar-refractivity contribution in [3.63, 3.8) is 0 Å². The number of nitrogens with zero attached hydrogens (tertiary/aromatic N) is 2. The van der Waals surface area contributed by atoms with Crippen LogP contribution in [0.15, 0.2) is 48.8 Å². The lowest BCUT2D eigenvalue weighted by Crippen LogP contribution is -2.05. The average Bonchev–Trinajstić information content (AvgIpc) is 2.97. The van der Waals surface area contributed by atoms with Crippen molar-refractivity contribution in [2.45, 2.75) is 6.61 Å². The highest BCUT2D eigenvalue weighted by Gasteiger charge is 2.14. The third kappa shape index (κ3) is 2.76. The molecule has 0 aliphatic heterocycles. The van der Waals surface area contributed by atoms with Gasteiger partial charge < -0.3 is 9.47 Å². The molecule has 0 fully saturated rings. The quantitative estimate of drug-likeness (QED) is 0.693. The van der Waals surface area contributed by atoms with Crippen molar-refractivity contribution in [3.8, 4) is 5.75 Å². The van der Waals surface area contributed by atoms with Crippen LogP contribution < -0.4 is 4.74 Å². The van der Waals surface area contributed by atoms with Crippen LogP contribution in [0.5, 0.6) is 5.75 Å². The Morgan fingerprint density at radius 1 is 1.27 bits per heavy atom. The summed E-state index contributed by atoms with van der Waals surface area (Å²) in [6.07, 6.45) is 3.51. The second kappa shape index (κ2) is 6.07. The minimum Gasteiger partial charge on any atom is -0.487 e. The monoisotopic (exact) mass is 316 g/mol. The van der Waals surface area contributed by atoms with Crippen molar-refractivity contribution in [1.29, 1.82) is 0 Å². The number of imidazole rings is 1. The number of pyridine rings is 1. The van der Waals surface area contributed by atoms with E-state index in [1.54, 1.807) is 42.6 Å². The van der Waals surface area contributed by atoms with Gasteiger partial charge in [0.15, 0.2) is 5.65 Å². The van der Waals surface area contributed by atoms with Gasteiger partial charge in [-0.3, -0.25) is 4.40 Å². The highest BCUT2D eigenvalue weighted by molar-refractivity contribution is 6.30. The Morgan fingerprint density at radius 2 is 2.05 bits per heavy atom. The van der Waals surface area contributed by atoms with E-state index in [9.17, 15) is 4.79 Å². The van der Waals surface area contributed by atoms with Crippen LogP contribution >= 0.6 is 11.6 Å². The maximum Gasteiger partial charge on any atom is 0.341 e. The summed E-state index contributed by atoms with van der Waals surface area (Å²) in [6.45, 7) is 0.327. The van der Waals surface area contributed by atoms with E-state index >= 15 is 0 Å². The Labute approximate surface area is 132 Å². The molecule has 0 atom stereocenters. The summed E-state index contributed by atoms with van der Waals surface area (Å²) in [5.74, 6) is 0.296. The highest BCUT2D eigenvalue weighted by atomic mass is 35.5. The van der Waals surface area contributed by atoms with Crippen molar-refractivity contribution >= 4 is 23.2 Å². The van der Waals surface area contributed by atoms with Crippen molar-refractivity contribution in [2.75, 3.05) is 7.11 Å². The molecular formula is C16H13ClN2O3. The Morgan fingerprint density at radius 3 is 2.77 bits per heavy atom. The lowest BCUT2D eigenvalue weighted by atomic mass is 10.3. The van der Waals surface area contributed by atoms with E-state index in [-0.39, 0.29) is 0 Å². The number of benzene rings is 1. The van der Waals surface area contributed by atoms with E-state index in [2.05, 4.69) is 4.98 Å². The molecule has 0 bridgehead atoms. The molecule has 1 aromatic carbocycles. The molecule has 22 heavy (non-hydrogen) atoms. The van der Waals surface area contributed by atoms with Gasteiger partial charge in [0, 0.05) is 11.2 Å². The molecule has 0 saturated carbocycles. The number of fused-ring (bicyclic) bond motifs is 1. The first-order valence-corrected chi connectivity index (χ1v) is 6.98. The van der Waals surface area contributed by atoms with Crippen molar-refractivity contribution in [3.05, 3.63) is 65.1 Å². The van der Waals surface area contributed by atoms with Gasteiger partial charge in [0.2, 0.25) is 0 Å². The minimum atomic E-state index is -0.415. The van der Waals surface area contributed by atoms with Gasteiger partial charge in [-0.2, -0.15) is 0 Å². The van der Waals surface area contributed by atoms with Crippen LogP contribution in [0.3, 0.4) is 0 Å². The molecule has 5 nitrogen and oxygen atoms in total. The molecule has 0 spiro atoms. The molecular weight excluding hydrogens is 304 g/mol. The molecule has 0 radical (unpaired) electrons. The number of methoxy groups -OCH3 is 1. The Bertz CT molecular complexity index is 812. The third-order valence-corrected chi connectivity index (χ3v) is 3.47. The van der Waals surface area contributed by atoms with E-state index in [0.717, 1.165) is 5.69 Å². The van der Waals surface area contributed by atoms with Crippen LogP contribution in [0.2, 0.25) is 5.02 Å². The fraction of sp³-hybridized carbons (Fsp3) is 0.125. The Kier molecular flexibility index (Phi) is 3.98. The summed E-state index contributed by atoms with van der Waals surface area (Å²) in [7, 11) is 1.35. The van der Waals surface area contributed by atoms with E-state index in [0.29, 0.717) is 28.6 Å². The fourth-order valence-electron chi connectivity index (χ4n) is 2.13. The Balaban J connectivity index is 1.86. The largest absolute Gasteiger partial charge is 0.487 e. The number of ether oxygens (including phenoxy) is 2. The van der Waals surface area contributed by atoms with Crippen molar-refractivity contribution in [2.24, 2.45) is 0 Å². The topological polar surface area (TPSA) is 52.8 Å². The molecule has 2 heterocycles. The first-order chi connectivity index (χ1) is 10.7. The molecule has 0 amide bonds. The number of halogens is 1. The molecule has 3 rings (SSSR count). The first-order valence-electron chi connectivity index (χ1n) is 6.60. The highest BCUT2D eigenvalue weighted by Crippen LogP contribution is 2.18. The normalized spacial score (nSPS) is 10.6. The summed E-state index contributed by atoms with van der Waals surface area (Å²) in [5, 5.41) is 0.657. The average molecular weight is 317 g/mol. The fourth-order valence-corrected chi connectivity index (χ4v) is 2.25. The maximum absolute atomic E-state index is 11.7. The number of hydrogen-bond acceptors (Lipinski definition) is 4. The lowest BCUT2D eigenvalue weighted by Gasteiger charge is -2.07. The summed E-state index contributed by atoms with van der Waals surface area (Å²) < 4.78 is 12.3. The van der Waals surface area contributed by atoms with Crippen molar-refractivity contribution in [1.82, 2.24) is 9.38 Å². The summed E-state index contributed by atoms with van der Waals surface area (Å²) in [6, 6.07) is 10.6. The van der Waals surface area contributed by atoms with Gasteiger partial charge in [0.05, 0.1) is 19.0 Å². The number of carbonyl (C=O) groups is 1. The maximum atomic E-state index is 11.7. The molecule has 0 unspecified atom stereocenters. The molecule has 2 aromatic heterocycles. The van der Waals surface area contributed by atoms with Crippen LogP contribution in [0.25, 0.3) is 5.65 Å². The number of rotatable bonds is 4. The molecule has 112 valence electrons. The zero-order chi connectivity index (χ0) is 15.5. The van der Waals surface area contributed by atoms with Crippen LogP contribution in [-0.4, -0.2) is 22.5 Å². The second-order valence-corrected chi connectivity index (χ2v) is 5.04. The van der Waals surface area contributed by atoms with E-state index in [1.807, 2.05) is 10.6 Å². The van der Waals surface area contributed by atoms with Gasteiger partial charge in [-0.05, 0) is 36.4 Å². The lowest BCUT2D eigenvalue weighted by molar-refractivity contribution is 0.0602. The molecule has 0 aliphatic rings. The van der Waals surface area contributed by atoms with Gasteiger partial charge >= 0.3 is 5.97 Å². The van der Waals surface area contributed by atoms with Gasteiger partial charge in [-0.15, -0.1) is 0 Å². The van der Waals surface area contributed by atoms with Gasteiger partial charge in [0.25, 0.3) is 0 Å². The van der Waals surface area contributed by atoms with Crippen molar-refractivity contribution < 1.29 is 14.3 Å². The zero-order valence-corrected chi connectivity index (χ0v) is 12.6. The number of aromatic nitrogens is 2. The molecule has 0 aliphatic carbocycles. The molecule has 0 N–H and O–H groups in total. The second-order valence-electron chi connectivity index (χ2n) is 4.60. The van der Waals surface area contributed by atoms with Crippen LogP contribution in [0, 0.1) is 0 Å². The summed E-state index contributed by atoms with van der Waals surface area (Å²) in [5.41, 5.74) is 1.79. The number of carbonyl (C=O) groups excluding carboxylic acids is 1. The van der Waals surface area contributed by atoms with Gasteiger partial charge in [-0.1, -0.05) is 11.6 Å². The number of hydrogen-bond donors (Lipinski definition) is 0. The zero-order valence-electron chi connectivity index (χ0n) is 11.8. The molecule has 3 aromatic rings. The number of esters is 1. The smallest absolute Gasteiger partial charge is 0.341 e. The van der Waals surface area contributed by atoms with Gasteiger partial charge in [0.1, 0.15) is 17.9 Å². The SMILES string of the molecule is COC(=O)c1cccn2c(COc3ccc(Cl)cc3)cnc12. The van der Waals surface area contributed by atoms with Crippen LogP contribution in [-0.2, 0) is 11.3 Å². The van der Waals surface area contributed by atoms with E-state index in [4.69, 9.17) is 21.1 Å².